The molecule has 2 heterocycles. The van der Waals surface area contributed by atoms with Crippen molar-refractivity contribution in [3.8, 4) is 0 Å². The summed E-state index contributed by atoms with van der Waals surface area (Å²) in [6.07, 6.45) is -0.103. The maximum Gasteiger partial charge on any atom is 0.253 e. The van der Waals surface area contributed by atoms with Crippen LogP contribution in [0.5, 0.6) is 0 Å². The number of aryl methyl sites for hydroxylation is 1. The Kier molecular flexibility index (Phi) is 3.20. The summed E-state index contributed by atoms with van der Waals surface area (Å²) in [6, 6.07) is 12.0. The molecule has 1 atom stereocenters. The van der Waals surface area contributed by atoms with Crippen LogP contribution >= 0.6 is 0 Å². The molecule has 0 radical (unpaired) electrons. The monoisotopic (exact) mass is 328 g/mol. The number of rotatable bonds is 1. The van der Waals surface area contributed by atoms with Crippen LogP contribution in [0.1, 0.15) is 12.5 Å². The normalized spacial score (nSPS) is 17.4. The van der Waals surface area contributed by atoms with E-state index in [9.17, 15) is 0 Å². The van der Waals surface area contributed by atoms with Gasteiger partial charge in [0.1, 0.15) is 16.9 Å². The summed E-state index contributed by atoms with van der Waals surface area (Å²) in [5.74, 6) is 0.746. The van der Waals surface area contributed by atoms with Gasteiger partial charge in [-0.2, -0.15) is 0 Å². The predicted octanol–water partition coefficient (Wildman–Crippen LogP) is 4.96. The quantitative estimate of drug-likeness (QED) is 0.591. The fourth-order valence-corrected chi connectivity index (χ4v) is 3.47. The van der Waals surface area contributed by atoms with Crippen molar-refractivity contribution < 1.29 is 4.42 Å². The van der Waals surface area contributed by atoms with Gasteiger partial charge in [-0.15, -0.1) is 0 Å². The van der Waals surface area contributed by atoms with Crippen LogP contribution in [0.15, 0.2) is 52.5 Å². The molecule has 3 aromatic rings. The summed E-state index contributed by atoms with van der Waals surface area (Å²) >= 11 is 0. The Labute approximate surface area is 146 Å². The van der Waals surface area contributed by atoms with Gasteiger partial charge >= 0.3 is 0 Å². The number of anilines is 1. The van der Waals surface area contributed by atoms with Crippen LogP contribution in [-0.2, 0) is 0 Å². The van der Waals surface area contributed by atoms with Crippen LogP contribution in [0.25, 0.3) is 31.6 Å². The van der Waals surface area contributed by atoms with E-state index >= 15 is 0 Å². The van der Waals surface area contributed by atoms with E-state index in [0.29, 0.717) is 11.6 Å². The van der Waals surface area contributed by atoms with E-state index in [1.54, 1.807) is 0 Å². The Morgan fingerprint density at radius 1 is 1.00 bits per heavy atom. The molecule has 0 bridgehead atoms. The Bertz CT molecular complexity index is 1130. The SMILES string of the molecule is [C-]#[N+]C1=C([N+]#[C-])N(c2cc3oc4ccccc4c3cc2C)[C@@H](C)N1C. The molecule has 0 aliphatic carbocycles. The van der Waals surface area contributed by atoms with Crippen LogP contribution < -0.4 is 4.90 Å². The molecule has 0 fully saturated rings. The fourth-order valence-electron chi connectivity index (χ4n) is 3.47. The maximum atomic E-state index is 7.55. The van der Waals surface area contributed by atoms with Crippen LogP contribution in [0.2, 0.25) is 0 Å². The number of fused-ring (bicyclic) bond motifs is 3. The number of para-hydroxylation sites is 1. The van der Waals surface area contributed by atoms with Gasteiger partial charge < -0.3 is 19.0 Å². The third-order valence-corrected chi connectivity index (χ3v) is 4.86. The molecule has 5 nitrogen and oxygen atoms in total. The molecular formula is C20H16N4O. The zero-order valence-electron chi connectivity index (χ0n) is 14.2. The summed E-state index contributed by atoms with van der Waals surface area (Å²) in [4.78, 5) is 10.9. The minimum atomic E-state index is -0.103. The molecule has 4 rings (SSSR count). The van der Waals surface area contributed by atoms with Crippen LogP contribution in [0.4, 0.5) is 5.69 Å². The van der Waals surface area contributed by atoms with Gasteiger partial charge in [-0.3, -0.25) is 4.90 Å². The average molecular weight is 328 g/mol. The first kappa shape index (κ1) is 15.1. The molecule has 122 valence electrons. The van der Waals surface area contributed by atoms with E-state index in [4.69, 9.17) is 17.6 Å². The van der Waals surface area contributed by atoms with E-state index in [2.05, 4.69) is 15.8 Å². The molecule has 2 aromatic carbocycles. The van der Waals surface area contributed by atoms with E-state index < -0.39 is 0 Å². The van der Waals surface area contributed by atoms with E-state index in [1.807, 2.05) is 61.0 Å². The second kappa shape index (κ2) is 5.29. The van der Waals surface area contributed by atoms with Gasteiger partial charge in [0, 0.05) is 23.8 Å². The zero-order valence-corrected chi connectivity index (χ0v) is 14.2. The van der Waals surface area contributed by atoms with Crippen molar-refractivity contribution in [2.45, 2.75) is 20.0 Å². The topological polar surface area (TPSA) is 28.3 Å². The molecule has 0 spiro atoms. The van der Waals surface area contributed by atoms with Gasteiger partial charge in [-0.05, 0) is 24.6 Å². The number of hydrogen-bond donors (Lipinski definition) is 0. The highest BCUT2D eigenvalue weighted by Crippen LogP contribution is 2.40. The first-order valence-electron chi connectivity index (χ1n) is 8.00. The first-order chi connectivity index (χ1) is 12.1. The van der Waals surface area contributed by atoms with Crippen molar-refractivity contribution in [1.82, 2.24) is 4.90 Å². The van der Waals surface area contributed by atoms with Crippen molar-refractivity contribution in [3.63, 3.8) is 0 Å². The van der Waals surface area contributed by atoms with E-state index in [0.717, 1.165) is 33.2 Å². The molecule has 25 heavy (non-hydrogen) atoms. The second-order valence-corrected chi connectivity index (χ2v) is 6.22. The Hall–Kier alpha value is -3.44. The minimum absolute atomic E-state index is 0.103. The molecule has 5 heteroatoms. The molecule has 0 N–H and O–H groups in total. The highest BCUT2D eigenvalue weighted by atomic mass is 16.3. The van der Waals surface area contributed by atoms with Gasteiger partial charge in [0.15, 0.2) is 0 Å². The molecule has 0 amide bonds. The lowest BCUT2D eigenvalue weighted by molar-refractivity contribution is 0.364. The summed E-state index contributed by atoms with van der Waals surface area (Å²) in [5, 5.41) is 2.15. The lowest BCUT2D eigenvalue weighted by Crippen LogP contribution is -2.35. The molecule has 1 aromatic heterocycles. The zero-order chi connectivity index (χ0) is 17.7. The summed E-state index contributed by atoms with van der Waals surface area (Å²) < 4.78 is 6.00. The van der Waals surface area contributed by atoms with E-state index in [1.165, 1.54) is 0 Å². The molecule has 1 aliphatic heterocycles. The van der Waals surface area contributed by atoms with Crippen LogP contribution in [0.3, 0.4) is 0 Å². The number of hydrogen-bond acceptors (Lipinski definition) is 3. The van der Waals surface area contributed by atoms with Crippen molar-refractivity contribution in [2.75, 3.05) is 11.9 Å². The predicted molar refractivity (Wildman–Crippen MR) is 98.4 cm³/mol. The summed E-state index contributed by atoms with van der Waals surface area (Å²) in [7, 11) is 1.85. The largest absolute Gasteiger partial charge is 0.456 e. The minimum Gasteiger partial charge on any atom is -0.456 e. The summed E-state index contributed by atoms with van der Waals surface area (Å²) in [5.41, 5.74) is 3.59. The molecular weight excluding hydrogens is 312 g/mol. The molecule has 1 aliphatic rings. The van der Waals surface area contributed by atoms with Gasteiger partial charge in [0.25, 0.3) is 5.82 Å². The highest BCUT2D eigenvalue weighted by molar-refractivity contribution is 6.06. The number of benzene rings is 2. The Morgan fingerprint density at radius 2 is 1.72 bits per heavy atom. The first-order valence-corrected chi connectivity index (χ1v) is 8.00. The van der Waals surface area contributed by atoms with E-state index in [-0.39, 0.29) is 6.17 Å². The lowest BCUT2D eigenvalue weighted by Gasteiger charge is -2.24. The molecule has 0 saturated carbocycles. The van der Waals surface area contributed by atoms with Crippen molar-refractivity contribution in [2.24, 2.45) is 0 Å². The third kappa shape index (κ3) is 2.00. The maximum absolute atomic E-state index is 7.55. The highest BCUT2D eigenvalue weighted by Gasteiger charge is 2.39. The average Bonchev–Trinajstić information content (AvgIpc) is 3.09. The van der Waals surface area contributed by atoms with Crippen molar-refractivity contribution in [3.05, 3.63) is 76.4 Å². The van der Waals surface area contributed by atoms with Crippen LogP contribution in [0, 0.1) is 20.1 Å². The fraction of sp³-hybridized carbons (Fsp3) is 0.200. The molecule has 0 saturated heterocycles. The van der Waals surface area contributed by atoms with Gasteiger partial charge in [-0.1, -0.05) is 31.3 Å². The number of nitrogens with zero attached hydrogens (tertiary/aromatic N) is 4. The van der Waals surface area contributed by atoms with Crippen molar-refractivity contribution in [1.29, 1.82) is 0 Å². The Morgan fingerprint density at radius 3 is 2.44 bits per heavy atom. The Balaban J connectivity index is 1.97. The lowest BCUT2D eigenvalue weighted by atomic mass is 10.1. The summed E-state index contributed by atoms with van der Waals surface area (Å²) in [6.45, 7) is 19.0. The number of furan rings is 1. The second-order valence-electron chi connectivity index (χ2n) is 6.22. The third-order valence-electron chi connectivity index (χ3n) is 4.86. The van der Waals surface area contributed by atoms with Gasteiger partial charge in [0.2, 0.25) is 12.0 Å². The standard InChI is InChI=1S/C20H16N4O/c1-12-10-15-14-8-6-7-9-17(14)25-18(15)11-16(12)24-13(2)23(5)19(21-3)20(24)22-4/h6-11,13H,1-2,5H3/t13-/m0/s1. The van der Waals surface area contributed by atoms with Gasteiger partial charge in [0.05, 0.1) is 7.05 Å². The van der Waals surface area contributed by atoms with Gasteiger partial charge in [-0.25, -0.2) is 0 Å². The smallest absolute Gasteiger partial charge is 0.253 e. The van der Waals surface area contributed by atoms with Crippen molar-refractivity contribution >= 4 is 27.6 Å². The van der Waals surface area contributed by atoms with Crippen LogP contribution in [-0.4, -0.2) is 18.1 Å². The molecule has 0 unspecified atom stereocenters.